The summed E-state index contributed by atoms with van der Waals surface area (Å²) in [6.45, 7) is 5.79. The number of hydrogen-bond acceptors (Lipinski definition) is 2. The molecule has 1 saturated carbocycles. The Morgan fingerprint density at radius 1 is 1.12 bits per heavy atom. The molecule has 2 heteroatoms. The maximum Gasteiger partial charge on any atom is 0.0731 e. The Morgan fingerprint density at radius 3 is 2.31 bits per heavy atom. The predicted molar refractivity (Wildman–Crippen MR) is 67.5 cm³/mol. The Balaban J connectivity index is 1.96. The topological polar surface area (TPSA) is 21.3 Å². The van der Waals surface area contributed by atoms with Crippen LogP contribution in [0.4, 0.5) is 0 Å². The predicted octanol–water partition coefficient (Wildman–Crippen LogP) is 2.83. The van der Waals surface area contributed by atoms with Crippen LogP contribution >= 0.6 is 0 Å². The van der Waals surface area contributed by atoms with E-state index in [1.54, 1.807) is 0 Å². The summed E-state index contributed by atoms with van der Waals surface area (Å²) in [7, 11) is 2.11. The van der Waals surface area contributed by atoms with Gasteiger partial charge in [0.2, 0.25) is 0 Å². The summed E-state index contributed by atoms with van der Waals surface area (Å²) in [6.07, 6.45) is 7.17. The first-order valence-electron chi connectivity index (χ1n) is 6.99. The average Bonchev–Trinajstić information content (AvgIpc) is 2.70. The third-order valence-corrected chi connectivity index (χ3v) is 4.42. The van der Waals surface area contributed by atoms with Crippen molar-refractivity contribution in [1.29, 1.82) is 0 Å². The highest BCUT2D eigenvalue weighted by molar-refractivity contribution is 4.89. The molecule has 0 spiro atoms. The maximum atomic E-state index is 5.87. The van der Waals surface area contributed by atoms with E-state index in [2.05, 4.69) is 26.2 Å². The Labute approximate surface area is 100 Å². The van der Waals surface area contributed by atoms with E-state index in [0.29, 0.717) is 12.1 Å². The summed E-state index contributed by atoms with van der Waals surface area (Å²) in [5.74, 6) is 2.61. The van der Waals surface area contributed by atoms with E-state index in [4.69, 9.17) is 4.74 Å². The zero-order chi connectivity index (χ0) is 11.5. The van der Waals surface area contributed by atoms with Gasteiger partial charge in [0.25, 0.3) is 0 Å². The number of ether oxygens (including phenoxy) is 1. The van der Waals surface area contributed by atoms with Crippen LogP contribution in [0.2, 0.25) is 0 Å². The van der Waals surface area contributed by atoms with Crippen LogP contribution in [0.25, 0.3) is 0 Å². The fourth-order valence-electron chi connectivity index (χ4n) is 3.91. The standard InChI is InChI=1S/C14H27NO/c1-10-7-11(2)9-12(8-10)14(15-3)13-5-4-6-16-13/h10-15H,4-9H2,1-3H3. The normalized spacial score (nSPS) is 42.2. The Bertz CT molecular complexity index is 203. The molecular weight excluding hydrogens is 198 g/mol. The van der Waals surface area contributed by atoms with Crippen molar-refractivity contribution in [2.24, 2.45) is 17.8 Å². The highest BCUT2D eigenvalue weighted by atomic mass is 16.5. The molecule has 0 aromatic carbocycles. The Hall–Kier alpha value is -0.0800. The van der Waals surface area contributed by atoms with Gasteiger partial charge >= 0.3 is 0 Å². The van der Waals surface area contributed by atoms with Crippen molar-refractivity contribution in [3.05, 3.63) is 0 Å². The van der Waals surface area contributed by atoms with E-state index in [1.807, 2.05) is 0 Å². The van der Waals surface area contributed by atoms with Gasteiger partial charge in [0.15, 0.2) is 0 Å². The SMILES string of the molecule is CNC(C1CC(C)CC(C)C1)C1CCCO1. The molecule has 94 valence electrons. The smallest absolute Gasteiger partial charge is 0.0731 e. The lowest BCUT2D eigenvalue weighted by Crippen LogP contribution is -2.45. The van der Waals surface area contributed by atoms with Crippen molar-refractivity contribution in [3.8, 4) is 0 Å². The first-order valence-corrected chi connectivity index (χ1v) is 6.99. The summed E-state index contributed by atoms with van der Waals surface area (Å²) in [6, 6.07) is 0.590. The van der Waals surface area contributed by atoms with Crippen LogP contribution < -0.4 is 5.32 Å². The van der Waals surface area contributed by atoms with Crippen LogP contribution in [-0.4, -0.2) is 25.8 Å². The lowest BCUT2D eigenvalue weighted by atomic mass is 9.72. The van der Waals surface area contributed by atoms with Gasteiger partial charge in [-0.1, -0.05) is 13.8 Å². The molecule has 1 aliphatic heterocycles. The highest BCUT2D eigenvalue weighted by Crippen LogP contribution is 2.37. The van der Waals surface area contributed by atoms with Gasteiger partial charge in [0, 0.05) is 12.6 Å². The second-order valence-corrected chi connectivity index (χ2v) is 6.04. The molecule has 2 nitrogen and oxygen atoms in total. The molecule has 0 bridgehead atoms. The zero-order valence-electron chi connectivity index (χ0n) is 11.0. The highest BCUT2D eigenvalue weighted by Gasteiger charge is 2.35. The third kappa shape index (κ3) is 2.78. The van der Waals surface area contributed by atoms with Crippen LogP contribution in [0.1, 0.15) is 46.0 Å². The lowest BCUT2D eigenvalue weighted by Gasteiger charge is -2.38. The minimum absolute atomic E-state index is 0.479. The molecule has 2 fully saturated rings. The van der Waals surface area contributed by atoms with Crippen LogP contribution in [0.3, 0.4) is 0 Å². The van der Waals surface area contributed by atoms with Gasteiger partial charge in [0.05, 0.1) is 6.10 Å². The van der Waals surface area contributed by atoms with Crippen molar-refractivity contribution < 1.29 is 4.74 Å². The maximum absolute atomic E-state index is 5.87. The monoisotopic (exact) mass is 225 g/mol. The molecule has 1 N–H and O–H groups in total. The molecule has 0 amide bonds. The minimum atomic E-state index is 0.479. The van der Waals surface area contributed by atoms with Gasteiger partial charge in [0.1, 0.15) is 0 Å². The van der Waals surface area contributed by atoms with E-state index in [1.165, 1.54) is 32.1 Å². The summed E-state index contributed by atoms with van der Waals surface area (Å²) in [5, 5.41) is 3.53. The fraction of sp³-hybridized carbons (Fsp3) is 1.00. The van der Waals surface area contributed by atoms with Crippen LogP contribution in [0.15, 0.2) is 0 Å². The second-order valence-electron chi connectivity index (χ2n) is 6.04. The van der Waals surface area contributed by atoms with Crippen molar-refractivity contribution >= 4 is 0 Å². The summed E-state index contributed by atoms with van der Waals surface area (Å²) in [4.78, 5) is 0. The Morgan fingerprint density at radius 2 is 1.81 bits per heavy atom. The molecule has 1 aliphatic carbocycles. The molecular formula is C14H27NO. The van der Waals surface area contributed by atoms with E-state index in [0.717, 1.165) is 24.4 Å². The molecule has 4 unspecified atom stereocenters. The third-order valence-electron chi connectivity index (χ3n) is 4.42. The van der Waals surface area contributed by atoms with Gasteiger partial charge in [-0.3, -0.25) is 0 Å². The first-order chi connectivity index (χ1) is 7.70. The van der Waals surface area contributed by atoms with Gasteiger partial charge in [-0.2, -0.15) is 0 Å². The molecule has 2 rings (SSSR count). The van der Waals surface area contributed by atoms with Crippen LogP contribution in [0, 0.1) is 17.8 Å². The van der Waals surface area contributed by atoms with E-state index in [9.17, 15) is 0 Å². The second kappa shape index (κ2) is 5.50. The number of rotatable bonds is 3. The minimum Gasteiger partial charge on any atom is -0.377 e. The quantitative estimate of drug-likeness (QED) is 0.797. The van der Waals surface area contributed by atoms with Crippen molar-refractivity contribution in [2.45, 2.75) is 58.1 Å². The van der Waals surface area contributed by atoms with Gasteiger partial charge in [-0.25, -0.2) is 0 Å². The molecule has 0 radical (unpaired) electrons. The van der Waals surface area contributed by atoms with Gasteiger partial charge in [-0.15, -0.1) is 0 Å². The largest absolute Gasteiger partial charge is 0.377 e. The van der Waals surface area contributed by atoms with Crippen molar-refractivity contribution in [3.63, 3.8) is 0 Å². The molecule has 1 heterocycles. The van der Waals surface area contributed by atoms with Crippen LogP contribution in [-0.2, 0) is 4.74 Å². The first kappa shape index (κ1) is 12.4. The van der Waals surface area contributed by atoms with Crippen molar-refractivity contribution in [1.82, 2.24) is 5.32 Å². The lowest BCUT2D eigenvalue weighted by molar-refractivity contribution is 0.0407. The van der Waals surface area contributed by atoms with E-state index >= 15 is 0 Å². The van der Waals surface area contributed by atoms with Crippen LogP contribution in [0.5, 0.6) is 0 Å². The van der Waals surface area contributed by atoms with Crippen molar-refractivity contribution in [2.75, 3.05) is 13.7 Å². The molecule has 2 aliphatic rings. The summed E-state index contributed by atoms with van der Waals surface area (Å²) >= 11 is 0. The zero-order valence-corrected chi connectivity index (χ0v) is 11.0. The summed E-state index contributed by atoms with van der Waals surface area (Å²) in [5.41, 5.74) is 0. The molecule has 0 aromatic rings. The average molecular weight is 225 g/mol. The number of nitrogens with one attached hydrogen (secondary N) is 1. The molecule has 0 aromatic heterocycles. The molecule has 4 atom stereocenters. The number of likely N-dealkylation sites (N-methyl/N-ethyl adjacent to an activating group) is 1. The molecule has 16 heavy (non-hydrogen) atoms. The summed E-state index contributed by atoms with van der Waals surface area (Å²) < 4.78 is 5.87. The molecule has 1 saturated heterocycles. The number of hydrogen-bond donors (Lipinski definition) is 1. The van der Waals surface area contributed by atoms with E-state index in [-0.39, 0.29) is 0 Å². The van der Waals surface area contributed by atoms with E-state index < -0.39 is 0 Å². The van der Waals surface area contributed by atoms with Gasteiger partial charge < -0.3 is 10.1 Å². The Kier molecular flexibility index (Phi) is 4.26. The van der Waals surface area contributed by atoms with Gasteiger partial charge in [-0.05, 0) is 56.9 Å². The fourth-order valence-corrected chi connectivity index (χ4v) is 3.91.